The average molecular weight is 410 g/mol. The molecule has 0 spiro atoms. The van der Waals surface area contributed by atoms with E-state index in [4.69, 9.17) is 19.3 Å². The van der Waals surface area contributed by atoms with Crippen LogP contribution < -0.4 is 4.74 Å². The first-order valence-corrected chi connectivity index (χ1v) is 10.2. The molecule has 0 aliphatic heterocycles. The van der Waals surface area contributed by atoms with Crippen LogP contribution in [0.2, 0.25) is 0 Å². The quantitative estimate of drug-likeness (QED) is 0.510. The number of phenols is 1. The standard InChI is InChI=1S/C19H22O8S/c20-18-14-15(6-7-17(18)19(21)22)27-11-10-25-8-9-26-12-13-28(23,24)16-4-2-1-3-5-16/h1-7,14,20H,8-13H2,(H,21,22). The number of aromatic hydroxyl groups is 1. The highest BCUT2D eigenvalue weighted by molar-refractivity contribution is 7.91. The van der Waals surface area contributed by atoms with Crippen LogP contribution in [0, 0.1) is 0 Å². The van der Waals surface area contributed by atoms with Crippen molar-refractivity contribution in [3.05, 3.63) is 54.1 Å². The summed E-state index contributed by atoms with van der Waals surface area (Å²) in [7, 11) is -3.35. The van der Waals surface area contributed by atoms with Crippen molar-refractivity contribution in [3.8, 4) is 11.5 Å². The van der Waals surface area contributed by atoms with Crippen molar-refractivity contribution in [1.82, 2.24) is 0 Å². The molecule has 0 fully saturated rings. The minimum atomic E-state index is -3.35. The van der Waals surface area contributed by atoms with Crippen LogP contribution in [0.5, 0.6) is 11.5 Å². The smallest absolute Gasteiger partial charge is 0.339 e. The van der Waals surface area contributed by atoms with Crippen molar-refractivity contribution in [2.45, 2.75) is 4.90 Å². The molecule has 0 aliphatic carbocycles. The van der Waals surface area contributed by atoms with Crippen molar-refractivity contribution in [2.24, 2.45) is 0 Å². The Balaban J connectivity index is 1.55. The molecule has 0 saturated heterocycles. The molecule has 2 aromatic rings. The fourth-order valence-electron chi connectivity index (χ4n) is 2.24. The molecule has 2 N–H and O–H groups in total. The molecule has 0 radical (unpaired) electrons. The fraction of sp³-hybridized carbons (Fsp3) is 0.316. The summed E-state index contributed by atoms with van der Waals surface area (Å²) >= 11 is 0. The Morgan fingerprint density at radius 2 is 1.54 bits per heavy atom. The molecule has 2 rings (SSSR count). The molecule has 0 amide bonds. The lowest BCUT2D eigenvalue weighted by Crippen LogP contribution is -2.15. The number of carbonyl (C=O) groups is 1. The zero-order chi connectivity index (χ0) is 20.4. The van der Waals surface area contributed by atoms with Gasteiger partial charge in [0, 0.05) is 6.07 Å². The second kappa shape index (κ2) is 10.6. The van der Waals surface area contributed by atoms with Crippen molar-refractivity contribution in [2.75, 3.05) is 38.8 Å². The molecular formula is C19H22O8S. The van der Waals surface area contributed by atoms with E-state index in [1.165, 1.54) is 18.2 Å². The summed E-state index contributed by atoms with van der Waals surface area (Å²) in [5.74, 6) is -1.36. The van der Waals surface area contributed by atoms with Gasteiger partial charge < -0.3 is 24.4 Å². The predicted molar refractivity (Wildman–Crippen MR) is 101 cm³/mol. The summed E-state index contributed by atoms with van der Waals surface area (Å²) in [5, 5.41) is 18.4. The van der Waals surface area contributed by atoms with Gasteiger partial charge in [0.1, 0.15) is 23.7 Å². The van der Waals surface area contributed by atoms with E-state index in [0.717, 1.165) is 0 Å². The molecule has 9 heteroatoms. The van der Waals surface area contributed by atoms with Crippen molar-refractivity contribution in [1.29, 1.82) is 0 Å². The highest BCUT2D eigenvalue weighted by Gasteiger charge is 2.13. The van der Waals surface area contributed by atoms with Gasteiger partial charge in [0.25, 0.3) is 0 Å². The van der Waals surface area contributed by atoms with Gasteiger partial charge in [-0.25, -0.2) is 13.2 Å². The normalized spacial score (nSPS) is 11.3. The lowest BCUT2D eigenvalue weighted by Gasteiger charge is -2.09. The lowest BCUT2D eigenvalue weighted by molar-refractivity contribution is 0.0409. The van der Waals surface area contributed by atoms with Gasteiger partial charge in [-0.3, -0.25) is 0 Å². The van der Waals surface area contributed by atoms with Crippen LogP contribution in [0.15, 0.2) is 53.4 Å². The fourth-order valence-corrected chi connectivity index (χ4v) is 3.38. The minimum absolute atomic E-state index is 0.0757. The number of hydrogen-bond donors (Lipinski definition) is 2. The van der Waals surface area contributed by atoms with E-state index < -0.39 is 15.8 Å². The molecule has 0 saturated carbocycles. The van der Waals surface area contributed by atoms with E-state index in [1.54, 1.807) is 30.3 Å². The minimum Gasteiger partial charge on any atom is -0.507 e. The Morgan fingerprint density at radius 1 is 0.893 bits per heavy atom. The third-order valence-electron chi connectivity index (χ3n) is 3.67. The molecular weight excluding hydrogens is 388 g/mol. The second-order valence-corrected chi connectivity index (χ2v) is 7.80. The van der Waals surface area contributed by atoms with Crippen LogP contribution in [-0.2, 0) is 19.3 Å². The zero-order valence-electron chi connectivity index (χ0n) is 15.1. The van der Waals surface area contributed by atoms with Crippen LogP contribution in [0.3, 0.4) is 0 Å². The Morgan fingerprint density at radius 3 is 2.18 bits per heavy atom. The molecule has 8 nitrogen and oxygen atoms in total. The van der Waals surface area contributed by atoms with Gasteiger partial charge in [0.2, 0.25) is 0 Å². The topological polar surface area (TPSA) is 119 Å². The molecule has 0 aromatic heterocycles. The Bertz CT molecular complexity index is 865. The number of rotatable bonds is 12. The van der Waals surface area contributed by atoms with E-state index in [-0.39, 0.29) is 55.0 Å². The van der Waals surface area contributed by atoms with Gasteiger partial charge in [0.05, 0.1) is 37.1 Å². The molecule has 0 atom stereocenters. The largest absolute Gasteiger partial charge is 0.507 e. The maximum absolute atomic E-state index is 12.0. The van der Waals surface area contributed by atoms with Gasteiger partial charge in [-0.2, -0.15) is 0 Å². The first-order valence-electron chi connectivity index (χ1n) is 8.52. The second-order valence-electron chi connectivity index (χ2n) is 5.69. The number of aromatic carboxylic acids is 1. The van der Waals surface area contributed by atoms with Crippen molar-refractivity contribution in [3.63, 3.8) is 0 Å². The van der Waals surface area contributed by atoms with Crippen LogP contribution in [0.4, 0.5) is 0 Å². The highest BCUT2D eigenvalue weighted by atomic mass is 32.2. The Labute approximate surface area is 163 Å². The number of carboxylic acids is 1. The van der Waals surface area contributed by atoms with Gasteiger partial charge in [-0.1, -0.05) is 18.2 Å². The van der Waals surface area contributed by atoms with Crippen LogP contribution in [0.1, 0.15) is 10.4 Å². The predicted octanol–water partition coefficient (Wildman–Crippen LogP) is 1.98. The Hall–Kier alpha value is -2.62. The molecule has 2 aromatic carbocycles. The Kier molecular flexibility index (Phi) is 8.24. The molecule has 0 aliphatic rings. The first kappa shape index (κ1) is 21.7. The van der Waals surface area contributed by atoms with Gasteiger partial charge in [0.15, 0.2) is 9.84 Å². The monoisotopic (exact) mass is 410 g/mol. The van der Waals surface area contributed by atoms with E-state index in [1.807, 2.05) is 0 Å². The number of carboxylic acid groups (broad SMARTS) is 1. The van der Waals surface area contributed by atoms with Crippen LogP contribution in [-0.4, -0.2) is 63.4 Å². The SMILES string of the molecule is O=C(O)c1ccc(OCCOCCOCCS(=O)(=O)c2ccccc2)cc1O. The third-order valence-corrected chi connectivity index (χ3v) is 5.36. The van der Waals surface area contributed by atoms with E-state index in [2.05, 4.69) is 0 Å². The molecule has 0 heterocycles. The zero-order valence-corrected chi connectivity index (χ0v) is 15.9. The number of benzene rings is 2. The summed E-state index contributed by atoms with van der Waals surface area (Å²) in [5.41, 5.74) is -0.199. The number of sulfone groups is 1. The van der Waals surface area contributed by atoms with E-state index in [0.29, 0.717) is 5.75 Å². The van der Waals surface area contributed by atoms with Crippen LogP contribution >= 0.6 is 0 Å². The van der Waals surface area contributed by atoms with Gasteiger partial charge in [-0.15, -0.1) is 0 Å². The van der Waals surface area contributed by atoms with E-state index in [9.17, 15) is 18.3 Å². The summed E-state index contributed by atoms with van der Waals surface area (Å²) in [4.78, 5) is 11.1. The van der Waals surface area contributed by atoms with Crippen molar-refractivity contribution >= 4 is 15.8 Å². The maximum atomic E-state index is 12.0. The van der Waals surface area contributed by atoms with Crippen LogP contribution in [0.25, 0.3) is 0 Å². The maximum Gasteiger partial charge on any atom is 0.339 e. The average Bonchev–Trinajstić information content (AvgIpc) is 2.67. The molecule has 0 bridgehead atoms. The third kappa shape index (κ3) is 6.84. The van der Waals surface area contributed by atoms with Gasteiger partial charge in [-0.05, 0) is 24.3 Å². The molecule has 28 heavy (non-hydrogen) atoms. The molecule has 152 valence electrons. The number of hydrogen-bond acceptors (Lipinski definition) is 7. The van der Waals surface area contributed by atoms with Crippen molar-refractivity contribution < 1.29 is 37.6 Å². The number of ether oxygens (including phenoxy) is 3. The summed E-state index contributed by atoms with van der Waals surface area (Å²) in [6.45, 7) is 1.06. The lowest BCUT2D eigenvalue weighted by atomic mass is 10.2. The highest BCUT2D eigenvalue weighted by Crippen LogP contribution is 2.23. The van der Waals surface area contributed by atoms with Gasteiger partial charge >= 0.3 is 5.97 Å². The molecule has 0 unspecified atom stereocenters. The summed E-state index contributed by atoms with van der Waals surface area (Å²) in [6.07, 6.45) is 0. The van der Waals surface area contributed by atoms with E-state index >= 15 is 0 Å². The first-order chi connectivity index (χ1) is 13.4. The summed E-state index contributed by atoms with van der Waals surface area (Å²) < 4.78 is 40.0. The summed E-state index contributed by atoms with van der Waals surface area (Å²) in [6, 6.07) is 12.1.